The molecule has 2 saturated heterocycles. The van der Waals surface area contributed by atoms with Gasteiger partial charge in [-0.15, -0.1) is 0 Å². The molecule has 196 valence electrons. The summed E-state index contributed by atoms with van der Waals surface area (Å²) in [5.41, 5.74) is -1.52. The van der Waals surface area contributed by atoms with E-state index in [9.17, 15) is 55.3 Å². The van der Waals surface area contributed by atoms with Gasteiger partial charge in [0, 0.05) is 6.07 Å². The van der Waals surface area contributed by atoms with Crippen LogP contribution in [0, 0.1) is 20.2 Å². The second-order valence-electron chi connectivity index (χ2n) is 7.74. The van der Waals surface area contributed by atoms with Crippen LogP contribution in [0.3, 0.4) is 0 Å². The Morgan fingerprint density at radius 1 is 0.886 bits per heavy atom. The highest BCUT2D eigenvalue weighted by Crippen LogP contribution is 2.35. The number of aliphatic hydroxyl groups is 6. The smallest absolute Gasteiger partial charge is 0.317 e. The summed E-state index contributed by atoms with van der Waals surface area (Å²) in [5, 5.41) is 81.3. The number of rotatable bonds is 8. The van der Waals surface area contributed by atoms with Crippen molar-refractivity contribution < 1.29 is 63.8 Å². The first kappa shape index (κ1) is 27.0. The van der Waals surface area contributed by atoms with Gasteiger partial charge < -0.3 is 49.6 Å². The Balaban J connectivity index is 1.78. The predicted molar refractivity (Wildman–Crippen MR) is 106 cm³/mol. The van der Waals surface area contributed by atoms with E-state index in [0.29, 0.717) is 6.07 Å². The average Bonchev–Trinajstić information content (AvgIpc) is 2.83. The minimum absolute atomic E-state index is 0.580. The maximum absolute atomic E-state index is 15.0. The summed E-state index contributed by atoms with van der Waals surface area (Å²) in [7, 11) is 0. The molecule has 0 radical (unpaired) electrons. The number of halogens is 1. The monoisotopic (exact) mass is 510 g/mol. The van der Waals surface area contributed by atoms with Crippen molar-refractivity contribution in [3.05, 3.63) is 38.4 Å². The minimum Gasteiger partial charge on any atom is -0.454 e. The summed E-state index contributed by atoms with van der Waals surface area (Å²) in [5.74, 6) is -0.620. The Hall–Kier alpha value is -2.61. The van der Waals surface area contributed by atoms with Gasteiger partial charge in [-0.25, -0.2) is 4.39 Å². The Kier molecular flexibility index (Phi) is 8.46. The zero-order valence-corrected chi connectivity index (χ0v) is 17.6. The topological polar surface area (TPSA) is 245 Å². The molecule has 0 amide bonds. The molecule has 0 spiro atoms. The van der Waals surface area contributed by atoms with Crippen LogP contribution in [0.5, 0.6) is 5.75 Å². The molecule has 1 aromatic rings. The van der Waals surface area contributed by atoms with Crippen molar-refractivity contribution in [1.82, 2.24) is 0 Å². The number of non-ortho nitro benzene ring substituents is 1. The van der Waals surface area contributed by atoms with E-state index in [1.165, 1.54) is 0 Å². The highest BCUT2D eigenvalue weighted by atomic mass is 19.1. The van der Waals surface area contributed by atoms with Crippen LogP contribution in [-0.4, -0.2) is 115 Å². The third-order valence-corrected chi connectivity index (χ3v) is 5.51. The number of aliphatic hydroxyl groups excluding tert-OH is 6. The molecular weight excluding hydrogens is 487 g/mol. The van der Waals surface area contributed by atoms with Crippen molar-refractivity contribution >= 4 is 11.4 Å². The molecule has 6 N–H and O–H groups in total. The molecule has 2 aliphatic heterocycles. The van der Waals surface area contributed by atoms with Gasteiger partial charge in [0.1, 0.15) is 42.7 Å². The number of nitro benzene ring substituents is 2. The summed E-state index contributed by atoms with van der Waals surface area (Å²) < 4.78 is 35.8. The molecule has 2 aliphatic rings. The molecule has 35 heavy (non-hydrogen) atoms. The molecule has 2 fully saturated rings. The summed E-state index contributed by atoms with van der Waals surface area (Å²) in [4.78, 5) is 20.2. The zero-order chi connectivity index (χ0) is 26.0. The summed E-state index contributed by atoms with van der Waals surface area (Å²) in [6.45, 7) is -1.69. The quantitative estimate of drug-likeness (QED) is 0.156. The SMILES string of the molecule is O=[N+]([O-])c1ccc(OC2OC(CO)C(OC3OC(CO)C(O)C(O)C3O)C(O)C2F)c([N+](=O)[O-])c1. The van der Waals surface area contributed by atoms with Crippen molar-refractivity contribution in [2.24, 2.45) is 0 Å². The third-order valence-electron chi connectivity index (χ3n) is 5.51. The van der Waals surface area contributed by atoms with Crippen LogP contribution >= 0.6 is 0 Å². The van der Waals surface area contributed by atoms with E-state index < -0.39 is 102 Å². The van der Waals surface area contributed by atoms with E-state index >= 15 is 0 Å². The standard InChI is InChI=1S/C18H23FN2O14/c19-11-13(25)16(35-18-15(27)14(26)12(24)9(4-22)33-18)10(5-23)34-17(11)32-8-2-1-6(20(28)29)3-7(8)21(30)31/h1-3,9-18,22-27H,4-5H2. The predicted octanol–water partition coefficient (Wildman–Crippen LogP) is -2.52. The number of benzene rings is 1. The summed E-state index contributed by atoms with van der Waals surface area (Å²) >= 11 is 0. The van der Waals surface area contributed by atoms with Crippen LogP contribution in [0.4, 0.5) is 15.8 Å². The lowest BCUT2D eigenvalue weighted by atomic mass is 9.97. The lowest BCUT2D eigenvalue weighted by Crippen LogP contribution is -2.64. The van der Waals surface area contributed by atoms with Crippen LogP contribution in [0.25, 0.3) is 0 Å². The Bertz CT molecular complexity index is 919. The van der Waals surface area contributed by atoms with Gasteiger partial charge in [-0.05, 0) is 6.07 Å². The van der Waals surface area contributed by atoms with Crippen LogP contribution < -0.4 is 4.74 Å². The van der Waals surface area contributed by atoms with Crippen LogP contribution in [-0.2, 0) is 14.2 Å². The van der Waals surface area contributed by atoms with Crippen molar-refractivity contribution in [1.29, 1.82) is 0 Å². The Labute approximate surface area is 194 Å². The maximum Gasteiger partial charge on any atom is 0.317 e. The molecule has 17 heteroatoms. The van der Waals surface area contributed by atoms with Crippen molar-refractivity contribution in [2.45, 2.75) is 61.5 Å². The highest BCUT2D eigenvalue weighted by molar-refractivity contribution is 5.53. The minimum atomic E-state index is -2.46. The first-order chi connectivity index (χ1) is 16.5. The van der Waals surface area contributed by atoms with E-state index in [1.807, 2.05) is 0 Å². The van der Waals surface area contributed by atoms with E-state index in [0.717, 1.165) is 12.1 Å². The fraction of sp³-hybridized carbons (Fsp3) is 0.667. The second-order valence-corrected chi connectivity index (χ2v) is 7.74. The van der Waals surface area contributed by atoms with Crippen LogP contribution in [0.2, 0.25) is 0 Å². The molecule has 3 rings (SSSR count). The molecule has 10 unspecified atom stereocenters. The van der Waals surface area contributed by atoms with Gasteiger partial charge in [-0.1, -0.05) is 0 Å². The van der Waals surface area contributed by atoms with Crippen molar-refractivity contribution in [3.63, 3.8) is 0 Å². The van der Waals surface area contributed by atoms with Crippen LogP contribution in [0.15, 0.2) is 18.2 Å². The Morgan fingerprint density at radius 2 is 1.51 bits per heavy atom. The van der Waals surface area contributed by atoms with Gasteiger partial charge in [-0.3, -0.25) is 20.2 Å². The highest BCUT2D eigenvalue weighted by Gasteiger charge is 2.52. The normalized spacial score (nSPS) is 37.6. The van der Waals surface area contributed by atoms with E-state index in [4.69, 9.17) is 18.9 Å². The zero-order valence-electron chi connectivity index (χ0n) is 17.6. The second kappa shape index (κ2) is 11.0. The van der Waals surface area contributed by atoms with E-state index in [1.54, 1.807) is 0 Å². The largest absolute Gasteiger partial charge is 0.454 e. The molecule has 16 nitrogen and oxygen atoms in total. The van der Waals surface area contributed by atoms with Gasteiger partial charge in [-0.2, -0.15) is 0 Å². The first-order valence-corrected chi connectivity index (χ1v) is 10.1. The van der Waals surface area contributed by atoms with E-state index in [-0.39, 0.29) is 0 Å². The van der Waals surface area contributed by atoms with Gasteiger partial charge in [0.2, 0.25) is 12.0 Å². The number of alkyl halides is 1. The number of nitrogens with zero attached hydrogens (tertiary/aromatic N) is 2. The lowest BCUT2D eigenvalue weighted by Gasteiger charge is -2.45. The van der Waals surface area contributed by atoms with Gasteiger partial charge in [0.05, 0.1) is 29.1 Å². The fourth-order valence-corrected chi connectivity index (χ4v) is 3.62. The van der Waals surface area contributed by atoms with E-state index in [2.05, 4.69) is 0 Å². The molecule has 0 bridgehead atoms. The number of nitro groups is 2. The van der Waals surface area contributed by atoms with Crippen molar-refractivity contribution in [3.8, 4) is 5.75 Å². The first-order valence-electron chi connectivity index (χ1n) is 10.1. The fourth-order valence-electron chi connectivity index (χ4n) is 3.62. The number of hydrogen-bond donors (Lipinski definition) is 6. The lowest BCUT2D eigenvalue weighted by molar-refractivity contribution is -0.395. The average molecular weight is 510 g/mol. The molecule has 1 aromatic carbocycles. The maximum atomic E-state index is 15.0. The summed E-state index contributed by atoms with van der Waals surface area (Å²) in [6.07, 6.45) is -18.5. The number of hydrogen-bond acceptors (Lipinski definition) is 14. The molecule has 10 atom stereocenters. The number of ether oxygens (including phenoxy) is 4. The molecule has 0 aliphatic carbocycles. The molecule has 0 aromatic heterocycles. The molecular formula is C18H23FN2O14. The third kappa shape index (κ3) is 5.47. The Morgan fingerprint density at radius 3 is 2.09 bits per heavy atom. The van der Waals surface area contributed by atoms with Crippen molar-refractivity contribution in [2.75, 3.05) is 13.2 Å². The molecule has 2 heterocycles. The van der Waals surface area contributed by atoms with Gasteiger partial charge in [0.15, 0.2) is 12.5 Å². The van der Waals surface area contributed by atoms with Crippen LogP contribution in [0.1, 0.15) is 0 Å². The molecule has 0 saturated carbocycles. The van der Waals surface area contributed by atoms with Gasteiger partial charge >= 0.3 is 5.69 Å². The summed E-state index contributed by atoms with van der Waals surface area (Å²) in [6, 6.07) is 2.28. The van der Waals surface area contributed by atoms with Gasteiger partial charge in [0.25, 0.3) is 5.69 Å².